The van der Waals surface area contributed by atoms with E-state index in [4.69, 9.17) is 21.3 Å². The van der Waals surface area contributed by atoms with Gasteiger partial charge in [0, 0.05) is 34.5 Å². The predicted molar refractivity (Wildman–Crippen MR) is 134 cm³/mol. The van der Waals surface area contributed by atoms with E-state index in [2.05, 4.69) is 5.10 Å². The van der Waals surface area contributed by atoms with Crippen molar-refractivity contribution in [3.8, 4) is 0 Å². The number of carbonyl (C=O) groups excluding carboxylic acids is 2. The number of rotatable bonds is 7. The van der Waals surface area contributed by atoms with Crippen LogP contribution in [0.3, 0.4) is 0 Å². The van der Waals surface area contributed by atoms with Crippen LogP contribution in [-0.2, 0) is 9.53 Å². The lowest BCUT2D eigenvalue weighted by Gasteiger charge is -2.30. The number of halogens is 1. The molecule has 0 spiro atoms. The van der Waals surface area contributed by atoms with Gasteiger partial charge in [-0.3, -0.25) is 9.59 Å². The van der Waals surface area contributed by atoms with E-state index < -0.39 is 11.8 Å². The van der Waals surface area contributed by atoms with Crippen molar-refractivity contribution < 1.29 is 14.3 Å². The van der Waals surface area contributed by atoms with Gasteiger partial charge in [-0.2, -0.15) is 0 Å². The monoisotopic (exact) mass is 475 g/mol. The van der Waals surface area contributed by atoms with Crippen molar-refractivity contribution in [1.29, 1.82) is 0 Å². The number of hydrogen-bond donors (Lipinski definition) is 0. The molecule has 1 aliphatic heterocycles. The second kappa shape index (κ2) is 10.6. The maximum atomic E-state index is 13.1. The van der Waals surface area contributed by atoms with Crippen LogP contribution < -0.4 is 0 Å². The molecule has 2 unspecified atom stereocenters. The smallest absolute Gasteiger partial charge is 0.315 e. The van der Waals surface area contributed by atoms with Crippen LogP contribution in [0.25, 0.3) is 6.08 Å². The molecule has 0 bridgehead atoms. The van der Waals surface area contributed by atoms with Crippen molar-refractivity contribution in [3.05, 3.63) is 88.6 Å². The highest BCUT2D eigenvalue weighted by atomic mass is 35.5. The van der Waals surface area contributed by atoms with Gasteiger partial charge in [-0.15, -0.1) is 5.10 Å². The Labute approximate surface area is 203 Å². The molecule has 3 aromatic rings. The van der Waals surface area contributed by atoms with Crippen molar-refractivity contribution in [2.24, 2.45) is 10.9 Å². The first-order chi connectivity index (χ1) is 16.5. The molecule has 1 aromatic heterocycles. The largest absolute Gasteiger partial charge is 0.465 e. The van der Waals surface area contributed by atoms with Gasteiger partial charge < -0.3 is 4.74 Å². The Morgan fingerprint density at radius 1 is 1.06 bits per heavy atom. The summed E-state index contributed by atoms with van der Waals surface area (Å²) in [5.74, 6) is -1.33. The number of ether oxygens (including phenoxy) is 1. The maximum Gasteiger partial charge on any atom is 0.315 e. The van der Waals surface area contributed by atoms with E-state index in [9.17, 15) is 9.59 Å². The number of aromatic nitrogens is 2. The summed E-state index contributed by atoms with van der Waals surface area (Å²) in [6, 6.07) is 17.0. The van der Waals surface area contributed by atoms with Crippen LogP contribution in [0.5, 0.6) is 0 Å². The molecule has 0 saturated heterocycles. The highest BCUT2D eigenvalue weighted by Gasteiger charge is 2.42. The molecule has 0 saturated carbocycles. The van der Waals surface area contributed by atoms with Crippen LogP contribution in [0.15, 0.2) is 71.9 Å². The standard InChI is InChI=1S/C27H26ClN3O3/c1-3-10-22-25(27(33)34-4-2)24(19-13-8-9-14-21(19)28)20-17-31(30-26(20)29-22)23(32)16-15-18-11-6-5-7-12-18/h5-9,11-17,24-25H,3-4,10H2,1-2H3. The van der Waals surface area contributed by atoms with Gasteiger partial charge in [0.1, 0.15) is 5.92 Å². The lowest BCUT2D eigenvalue weighted by molar-refractivity contribution is -0.146. The van der Waals surface area contributed by atoms with Crippen LogP contribution in [-0.4, -0.2) is 34.0 Å². The molecular formula is C27H26ClN3O3. The summed E-state index contributed by atoms with van der Waals surface area (Å²) in [5.41, 5.74) is 3.05. The first kappa shape index (κ1) is 23.6. The van der Waals surface area contributed by atoms with E-state index in [1.54, 1.807) is 25.3 Å². The van der Waals surface area contributed by atoms with Gasteiger partial charge in [-0.1, -0.05) is 73.5 Å². The zero-order valence-electron chi connectivity index (χ0n) is 19.1. The number of fused-ring (bicyclic) bond motifs is 1. The Kier molecular flexibility index (Phi) is 7.38. The molecule has 0 amide bonds. The lowest BCUT2D eigenvalue weighted by Crippen LogP contribution is -2.34. The molecule has 7 heteroatoms. The third kappa shape index (κ3) is 4.87. The fourth-order valence-corrected chi connectivity index (χ4v) is 4.48. The molecule has 2 aromatic carbocycles. The van der Waals surface area contributed by atoms with Gasteiger partial charge in [0.25, 0.3) is 5.91 Å². The van der Waals surface area contributed by atoms with E-state index in [-0.39, 0.29) is 18.5 Å². The minimum atomic E-state index is -0.639. The van der Waals surface area contributed by atoms with Crippen molar-refractivity contribution in [3.63, 3.8) is 0 Å². The molecule has 1 aliphatic rings. The molecule has 174 valence electrons. The number of hydrogen-bond acceptors (Lipinski definition) is 5. The number of aliphatic imine (C=N–C) groups is 1. The fraction of sp³-hybridized carbons (Fsp3) is 0.259. The van der Waals surface area contributed by atoms with E-state index in [1.807, 2.05) is 55.5 Å². The summed E-state index contributed by atoms with van der Waals surface area (Å²) in [5, 5.41) is 5.01. The highest BCUT2D eigenvalue weighted by molar-refractivity contribution is 6.31. The Morgan fingerprint density at radius 2 is 1.79 bits per heavy atom. The molecule has 0 N–H and O–H groups in total. The Hall–Kier alpha value is -3.51. The zero-order chi connectivity index (χ0) is 24.1. The summed E-state index contributed by atoms with van der Waals surface area (Å²) in [4.78, 5) is 30.8. The van der Waals surface area contributed by atoms with Crippen molar-refractivity contribution in [2.75, 3.05) is 6.61 Å². The van der Waals surface area contributed by atoms with Crippen LogP contribution in [0.4, 0.5) is 5.82 Å². The Morgan fingerprint density at radius 3 is 2.50 bits per heavy atom. The number of allylic oxidation sites excluding steroid dienone is 1. The minimum absolute atomic E-state index is 0.263. The van der Waals surface area contributed by atoms with Crippen LogP contribution >= 0.6 is 11.6 Å². The van der Waals surface area contributed by atoms with Gasteiger partial charge >= 0.3 is 5.97 Å². The quantitative estimate of drug-likeness (QED) is 0.306. The molecule has 4 rings (SSSR count). The first-order valence-corrected chi connectivity index (χ1v) is 11.8. The van der Waals surface area contributed by atoms with Crippen LogP contribution in [0.2, 0.25) is 5.02 Å². The maximum absolute atomic E-state index is 13.1. The predicted octanol–water partition coefficient (Wildman–Crippen LogP) is 6.09. The number of carbonyl (C=O) groups is 2. The number of benzene rings is 2. The summed E-state index contributed by atoms with van der Waals surface area (Å²) in [6.07, 6.45) is 6.27. The topological polar surface area (TPSA) is 73.5 Å². The summed E-state index contributed by atoms with van der Waals surface area (Å²) in [7, 11) is 0. The van der Waals surface area contributed by atoms with Crippen LogP contribution in [0.1, 0.15) is 54.1 Å². The molecule has 2 heterocycles. The number of esters is 1. The van der Waals surface area contributed by atoms with E-state index in [0.717, 1.165) is 17.5 Å². The Balaban J connectivity index is 1.79. The normalized spacial score (nSPS) is 17.3. The van der Waals surface area contributed by atoms with Crippen LogP contribution in [0, 0.1) is 5.92 Å². The molecule has 0 fully saturated rings. The van der Waals surface area contributed by atoms with Crippen molar-refractivity contribution >= 4 is 41.1 Å². The molecule has 0 radical (unpaired) electrons. The Bertz CT molecular complexity index is 1250. The van der Waals surface area contributed by atoms with E-state index in [1.165, 1.54) is 10.8 Å². The molecular weight excluding hydrogens is 450 g/mol. The molecule has 6 nitrogen and oxygen atoms in total. The summed E-state index contributed by atoms with van der Waals surface area (Å²) < 4.78 is 6.71. The SMILES string of the molecule is CCCC1=Nc2nn(C(=O)C=Cc3ccccc3)cc2C(c2ccccc2Cl)C1C(=O)OCC. The average Bonchev–Trinajstić information content (AvgIpc) is 3.27. The number of nitrogens with zero attached hydrogens (tertiary/aromatic N) is 3. The fourth-order valence-electron chi connectivity index (χ4n) is 4.23. The molecule has 0 aliphatic carbocycles. The van der Waals surface area contributed by atoms with E-state index >= 15 is 0 Å². The third-order valence-corrected chi connectivity index (χ3v) is 6.07. The van der Waals surface area contributed by atoms with Gasteiger partial charge in [0.05, 0.1) is 6.61 Å². The first-order valence-electron chi connectivity index (χ1n) is 11.4. The third-order valence-electron chi connectivity index (χ3n) is 5.73. The summed E-state index contributed by atoms with van der Waals surface area (Å²) >= 11 is 6.59. The van der Waals surface area contributed by atoms with Gasteiger partial charge in [0.2, 0.25) is 0 Å². The van der Waals surface area contributed by atoms with Crippen molar-refractivity contribution in [2.45, 2.75) is 32.6 Å². The van der Waals surface area contributed by atoms with Crippen molar-refractivity contribution in [1.82, 2.24) is 9.78 Å². The zero-order valence-corrected chi connectivity index (χ0v) is 19.9. The molecule has 2 atom stereocenters. The van der Waals surface area contributed by atoms with Gasteiger partial charge in [0.15, 0.2) is 5.82 Å². The van der Waals surface area contributed by atoms with Gasteiger partial charge in [-0.25, -0.2) is 9.67 Å². The molecule has 34 heavy (non-hydrogen) atoms. The minimum Gasteiger partial charge on any atom is -0.465 e. The second-order valence-electron chi connectivity index (χ2n) is 8.02. The highest BCUT2D eigenvalue weighted by Crippen LogP contribution is 2.45. The van der Waals surface area contributed by atoms with E-state index in [0.29, 0.717) is 28.5 Å². The lowest BCUT2D eigenvalue weighted by atomic mass is 9.76. The second-order valence-corrected chi connectivity index (χ2v) is 8.42. The average molecular weight is 476 g/mol. The summed E-state index contributed by atoms with van der Waals surface area (Å²) in [6.45, 7) is 4.07. The van der Waals surface area contributed by atoms with Gasteiger partial charge in [-0.05, 0) is 36.6 Å².